The third-order valence-electron chi connectivity index (χ3n) is 2.28. The molecule has 1 aromatic carbocycles. The first kappa shape index (κ1) is 12.7. The molecule has 1 atom stereocenters. The van der Waals surface area contributed by atoms with Crippen molar-refractivity contribution in [2.45, 2.75) is 39.0 Å². The standard InChI is InChI=1S/C13H17FO2/c1-2-3-5-10-12(15)16-13(14)11-8-6-4-7-9-11/h4,6-9,13H,2-3,5,10H2,1H3. The van der Waals surface area contributed by atoms with Crippen molar-refractivity contribution in [1.29, 1.82) is 0 Å². The maximum atomic E-state index is 13.5. The monoisotopic (exact) mass is 224 g/mol. The minimum Gasteiger partial charge on any atom is -0.427 e. The van der Waals surface area contributed by atoms with Crippen LogP contribution in [0.15, 0.2) is 30.3 Å². The lowest BCUT2D eigenvalue weighted by molar-refractivity contribution is -0.158. The fourth-order valence-electron chi connectivity index (χ4n) is 1.37. The summed E-state index contributed by atoms with van der Waals surface area (Å²) in [6, 6.07) is 8.42. The maximum absolute atomic E-state index is 13.5. The van der Waals surface area contributed by atoms with E-state index in [9.17, 15) is 9.18 Å². The van der Waals surface area contributed by atoms with E-state index >= 15 is 0 Å². The van der Waals surface area contributed by atoms with Gasteiger partial charge in [0.1, 0.15) is 0 Å². The molecule has 0 saturated carbocycles. The Morgan fingerprint density at radius 3 is 2.62 bits per heavy atom. The van der Waals surface area contributed by atoms with Gasteiger partial charge in [-0.05, 0) is 6.42 Å². The van der Waals surface area contributed by atoms with E-state index in [0.717, 1.165) is 19.3 Å². The first-order valence-corrected chi connectivity index (χ1v) is 5.62. The van der Waals surface area contributed by atoms with Crippen LogP contribution in [-0.2, 0) is 9.53 Å². The van der Waals surface area contributed by atoms with Crippen LogP contribution in [0.25, 0.3) is 0 Å². The molecule has 88 valence electrons. The fraction of sp³-hybridized carbons (Fsp3) is 0.462. The SMILES string of the molecule is CCCCCC(=O)OC(F)c1ccccc1. The average Bonchev–Trinajstić information content (AvgIpc) is 2.30. The summed E-state index contributed by atoms with van der Waals surface area (Å²) >= 11 is 0. The van der Waals surface area contributed by atoms with E-state index in [1.165, 1.54) is 0 Å². The largest absolute Gasteiger partial charge is 0.427 e. The Hall–Kier alpha value is -1.38. The highest BCUT2D eigenvalue weighted by molar-refractivity contribution is 5.69. The Labute approximate surface area is 95.4 Å². The smallest absolute Gasteiger partial charge is 0.308 e. The Morgan fingerprint density at radius 1 is 1.31 bits per heavy atom. The molecular formula is C13H17FO2. The Bertz CT molecular complexity index is 311. The zero-order valence-corrected chi connectivity index (χ0v) is 9.49. The van der Waals surface area contributed by atoms with E-state index < -0.39 is 12.3 Å². The summed E-state index contributed by atoms with van der Waals surface area (Å²) in [5.41, 5.74) is 0.381. The number of unbranched alkanes of at least 4 members (excludes halogenated alkanes) is 2. The third-order valence-corrected chi connectivity index (χ3v) is 2.28. The average molecular weight is 224 g/mol. The summed E-state index contributed by atoms with van der Waals surface area (Å²) in [5.74, 6) is -0.468. The van der Waals surface area contributed by atoms with Crippen molar-refractivity contribution in [2.24, 2.45) is 0 Å². The summed E-state index contributed by atoms with van der Waals surface area (Å²) in [7, 11) is 0. The number of hydrogen-bond donors (Lipinski definition) is 0. The Balaban J connectivity index is 2.34. The van der Waals surface area contributed by atoms with Gasteiger partial charge in [0, 0.05) is 12.0 Å². The summed E-state index contributed by atoms with van der Waals surface area (Å²) in [6.45, 7) is 2.05. The van der Waals surface area contributed by atoms with E-state index in [2.05, 4.69) is 4.74 Å². The van der Waals surface area contributed by atoms with Gasteiger partial charge in [0.2, 0.25) is 0 Å². The van der Waals surface area contributed by atoms with Crippen LogP contribution < -0.4 is 0 Å². The summed E-state index contributed by atoms with van der Waals surface area (Å²) < 4.78 is 18.1. The molecule has 3 heteroatoms. The van der Waals surface area contributed by atoms with Gasteiger partial charge in [-0.1, -0.05) is 50.1 Å². The highest BCUT2D eigenvalue weighted by Gasteiger charge is 2.14. The quantitative estimate of drug-likeness (QED) is 0.543. The molecule has 0 aliphatic carbocycles. The predicted molar refractivity (Wildman–Crippen MR) is 60.5 cm³/mol. The molecule has 0 fully saturated rings. The summed E-state index contributed by atoms with van der Waals surface area (Å²) in [6.07, 6.45) is 1.41. The summed E-state index contributed by atoms with van der Waals surface area (Å²) in [4.78, 5) is 11.2. The first-order chi connectivity index (χ1) is 7.74. The predicted octanol–water partition coefficient (Wildman–Crippen LogP) is 3.78. The van der Waals surface area contributed by atoms with Crippen molar-refractivity contribution in [1.82, 2.24) is 0 Å². The lowest BCUT2D eigenvalue weighted by atomic mass is 10.2. The van der Waals surface area contributed by atoms with Crippen molar-refractivity contribution in [3.8, 4) is 0 Å². The molecule has 0 aliphatic rings. The molecule has 1 rings (SSSR count). The lowest BCUT2D eigenvalue weighted by Gasteiger charge is -2.09. The minimum absolute atomic E-state index is 0.293. The van der Waals surface area contributed by atoms with Crippen LogP contribution in [-0.4, -0.2) is 5.97 Å². The van der Waals surface area contributed by atoms with Gasteiger partial charge in [-0.2, -0.15) is 4.39 Å². The van der Waals surface area contributed by atoms with Gasteiger partial charge in [0.05, 0.1) is 0 Å². The van der Waals surface area contributed by atoms with Crippen LogP contribution in [0.5, 0.6) is 0 Å². The number of hydrogen-bond acceptors (Lipinski definition) is 2. The minimum atomic E-state index is -1.64. The van der Waals surface area contributed by atoms with Gasteiger partial charge >= 0.3 is 5.97 Å². The van der Waals surface area contributed by atoms with Crippen LogP contribution >= 0.6 is 0 Å². The molecule has 0 spiro atoms. The third kappa shape index (κ3) is 4.43. The van der Waals surface area contributed by atoms with Gasteiger partial charge in [-0.15, -0.1) is 0 Å². The molecule has 1 unspecified atom stereocenters. The van der Waals surface area contributed by atoms with E-state index in [-0.39, 0.29) is 0 Å². The first-order valence-electron chi connectivity index (χ1n) is 5.62. The molecule has 2 nitrogen and oxygen atoms in total. The highest BCUT2D eigenvalue weighted by atomic mass is 19.1. The van der Waals surface area contributed by atoms with Crippen LogP contribution in [0.2, 0.25) is 0 Å². The number of carbonyl (C=O) groups is 1. The van der Waals surface area contributed by atoms with Crippen LogP contribution in [0, 0.1) is 0 Å². The van der Waals surface area contributed by atoms with Crippen molar-refractivity contribution < 1.29 is 13.9 Å². The van der Waals surface area contributed by atoms with Crippen molar-refractivity contribution >= 4 is 5.97 Å². The van der Waals surface area contributed by atoms with Gasteiger partial charge in [0.15, 0.2) is 0 Å². The molecule has 0 bridgehead atoms. The van der Waals surface area contributed by atoms with Crippen molar-refractivity contribution in [2.75, 3.05) is 0 Å². The highest BCUT2D eigenvalue weighted by Crippen LogP contribution is 2.19. The lowest BCUT2D eigenvalue weighted by Crippen LogP contribution is -2.07. The number of halogens is 1. The van der Waals surface area contributed by atoms with E-state index in [1.807, 2.05) is 6.92 Å². The molecule has 0 aromatic heterocycles. The van der Waals surface area contributed by atoms with Gasteiger partial charge in [0.25, 0.3) is 6.36 Å². The van der Waals surface area contributed by atoms with Gasteiger partial charge < -0.3 is 4.74 Å². The zero-order chi connectivity index (χ0) is 11.8. The Kier molecular flexibility index (Phi) is 5.54. The molecule has 16 heavy (non-hydrogen) atoms. The van der Waals surface area contributed by atoms with Crippen molar-refractivity contribution in [3.63, 3.8) is 0 Å². The number of alkyl halides is 1. The second-order valence-corrected chi connectivity index (χ2v) is 3.67. The maximum Gasteiger partial charge on any atom is 0.308 e. The molecule has 0 amide bonds. The normalized spacial score (nSPS) is 12.1. The fourth-order valence-corrected chi connectivity index (χ4v) is 1.37. The Morgan fingerprint density at radius 2 is 2.00 bits per heavy atom. The molecule has 1 aromatic rings. The number of carbonyl (C=O) groups excluding carboxylic acids is 1. The summed E-state index contributed by atoms with van der Waals surface area (Å²) in [5, 5.41) is 0. The molecule has 0 heterocycles. The topological polar surface area (TPSA) is 26.3 Å². The van der Waals surface area contributed by atoms with E-state index in [0.29, 0.717) is 12.0 Å². The van der Waals surface area contributed by atoms with Gasteiger partial charge in [-0.25, -0.2) is 0 Å². The van der Waals surface area contributed by atoms with Gasteiger partial charge in [-0.3, -0.25) is 4.79 Å². The van der Waals surface area contributed by atoms with Crippen LogP contribution in [0.4, 0.5) is 4.39 Å². The zero-order valence-electron chi connectivity index (χ0n) is 9.49. The second-order valence-electron chi connectivity index (χ2n) is 3.67. The van der Waals surface area contributed by atoms with E-state index in [4.69, 9.17) is 0 Å². The van der Waals surface area contributed by atoms with E-state index in [1.54, 1.807) is 30.3 Å². The molecule has 0 aliphatic heterocycles. The molecular weight excluding hydrogens is 207 g/mol. The van der Waals surface area contributed by atoms with Crippen LogP contribution in [0.1, 0.15) is 44.5 Å². The number of benzene rings is 1. The second kappa shape index (κ2) is 6.99. The van der Waals surface area contributed by atoms with Crippen molar-refractivity contribution in [3.05, 3.63) is 35.9 Å². The number of rotatable bonds is 6. The van der Waals surface area contributed by atoms with Crippen LogP contribution in [0.3, 0.4) is 0 Å². The molecule has 0 saturated heterocycles. The number of esters is 1. The molecule has 0 radical (unpaired) electrons. The number of ether oxygens (including phenoxy) is 1. The molecule has 0 N–H and O–H groups in total.